The second-order valence-electron chi connectivity index (χ2n) is 3.95. The molecule has 0 amide bonds. The lowest BCUT2D eigenvalue weighted by atomic mass is 10.2. The second kappa shape index (κ2) is 6.81. The van der Waals surface area contributed by atoms with Crippen molar-refractivity contribution in [1.29, 1.82) is 5.26 Å². The number of ether oxygens (including phenoxy) is 1. The molecule has 0 saturated carbocycles. The van der Waals surface area contributed by atoms with Gasteiger partial charge in [0, 0.05) is 16.7 Å². The van der Waals surface area contributed by atoms with E-state index in [9.17, 15) is 0 Å². The van der Waals surface area contributed by atoms with Crippen LogP contribution in [0, 0.1) is 11.3 Å². The Morgan fingerprint density at radius 3 is 2.63 bits per heavy atom. The van der Waals surface area contributed by atoms with Crippen LogP contribution in [0.2, 0.25) is 0 Å². The fourth-order valence-corrected chi connectivity index (χ4v) is 2.08. The number of hydrogen-bond acceptors (Lipinski definition) is 3. The van der Waals surface area contributed by atoms with Gasteiger partial charge in [-0.05, 0) is 42.0 Å². The van der Waals surface area contributed by atoms with E-state index in [1.807, 2.05) is 42.5 Å². The van der Waals surface area contributed by atoms with E-state index in [0.717, 1.165) is 16.7 Å². The van der Waals surface area contributed by atoms with E-state index in [0.29, 0.717) is 5.75 Å². The lowest BCUT2D eigenvalue weighted by Crippen LogP contribution is -1.99. The van der Waals surface area contributed by atoms with Crippen LogP contribution in [0.15, 0.2) is 53.0 Å². The van der Waals surface area contributed by atoms with Crippen molar-refractivity contribution >= 4 is 21.6 Å². The van der Waals surface area contributed by atoms with Gasteiger partial charge in [-0.2, -0.15) is 5.26 Å². The molecule has 2 rings (SSSR count). The molecular weight excluding hydrogens is 304 g/mol. The van der Waals surface area contributed by atoms with Crippen molar-refractivity contribution in [2.75, 3.05) is 11.9 Å². The zero-order valence-corrected chi connectivity index (χ0v) is 11.9. The van der Waals surface area contributed by atoms with E-state index in [-0.39, 0.29) is 6.61 Å². The summed E-state index contributed by atoms with van der Waals surface area (Å²) in [5.74, 6) is 0.703. The standard InChI is InChI=1S/C15H13BrN2O/c16-13-3-1-2-12(10-13)11-18-14-4-6-15(7-5-14)19-9-8-17/h1-7,10,18H,9,11H2. The molecule has 0 fully saturated rings. The number of halogens is 1. The van der Waals surface area contributed by atoms with Crippen LogP contribution in [0.5, 0.6) is 5.75 Å². The van der Waals surface area contributed by atoms with Gasteiger partial charge < -0.3 is 10.1 Å². The minimum atomic E-state index is 0.0742. The monoisotopic (exact) mass is 316 g/mol. The van der Waals surface area contributed by atoms with Crippen LogP contribution >= 0.6 is 15.9 Å². The smallest absolute Gasteiger partial charge is 0.174 e. The van der Waals surface area contributed by atoms with Gasteiger partial charge in [0.2, 0.25) is 0 Å². The fraction of sp³-hybridized carbons (Fsp3) is 0.133. The minimum Gasteiger partial charge on any atom is -0.479 e. The summed E-state index contributed by atoms with van der Waals surface area (Å²) in [6.45, 7) is 0.836. The molecule has 2 aromatic carbocycles. The molecule has 0 aliphatic heterocycles. The molecule has 2 aromatic rings. The van der Waals surface area contributed by atoms with Crippen molar-refractivity contribution in [1.82, 2.24) is 0 Å². The predicted octanol–water partition coefficient (Wildman–Crippen LogP) is 3.96. The molecule has 96 valence electrons. The third-order valence-electron chi connectivity index (χ3n) is 2.54. The normalized spacial score (nSPS) is 9.68. The SMILES string of the molecule is N#CCOc1ccc(NCc2cccc(Br)c2)cc1. The van der Waals surface area contributed by atoms with E-state index in [2.05, 4.69) is 33.4 Å². The number of benzene rings is 2. The van der Waals surface area contributed by atoms with Crippen LogP contribution in [-0.4, -0.2) is 6.61 Å². The molecule has 4 heteroatoms. The van der Waals surface area contributed by atoms with E-state index in [1.165, 1.54) is 5.56 Å². The van der Waals surface area contributed by atoms with Crippen LogP contribution in [-0.2, 0) is 6.54 Å². The Bertz CT molecular complexity index is 575. The van der Waals surface area contributed by atoms with Gasteiger partial charge in [-0.1, -0.05) is 28.1 Å². The first-order valence-corrected chi connectivity index (χ1v) is 6.65. The molecule has 0 radical (unpaired) electrons. The van der Waals surface area contributed by atoms with Gasteiger partial charge in [-0.3, -0.25) is 0 Å². The molecule has 0 aromatic heterocycles. The highest BCUT2D eigenvalue weighted by Crippen LogP contribution is 2.17. The lowest BCUT2D eigenvalue weighted by Gasteiger charge is -2.08. The van der Waals surface area contributed by atoms with Crippen molar-refractivity contribution < 1.29 is 4.74 Å². The van der Waals surface area contributed by atoms with Gasteiger partial charge in [0.15, 0.2) is 6.61 Å². The Morgan fingerprint density at radius 1 is 1.16 bits per heavy atom. The quantitative estimate of drug-likeness (QED) is 0.908. The van der Waals surface area contributed by atoms with Gasteiger partial charge in [0.1, 0.15) is 11.8 Å². The number of nitrogens with zero attached hydrogens (tertiary/aromatic N) is 1. The molecule has 19 heavy (non-hydrogen) atoms. The summed E-state index contributed by atoms with van der Waals surface area (Å²) in [5, 5.41) is 11.8. The first-order chi connectivity index (χ1) is 9.28. The third kappa shape index (κ3) is 4.31. The van der Waals surface area contributed by atoms with Gasteiger partial charge >= 0.3 is 0 Å². The second-order valence-corrected chi connectivity index (χ2v) is 4.87. The van der Waals surface area contributed by atoms with Crippen LogP contribution < -0.4 is 10.1 Å². The van der Waals surface area contributed by atoms with Crippen LogP contribution in [0.1, 0.15) is 5.56 Å². The summed E-state index contributed by atoms with van der Waals surface area (Å²) in [5.41, 5.74) is 2.23. The van der Waals surface area contributed by atoms with E-state index in [1.54, 1.807) is 0 Å². The fourth-order valence-electron chi connectivity index (χ4n) is 1.64. The average molecular weight is 317 g/mol. The highest BCUT2D eigenvalue weighted by Gasteiger charge is 1.97. The number of anilines is 1. The molecule has 1 N–H and O–H groups in total. The molecule has 0 atom stereocenters. The molecule has 0 aliphatic carbocycles. The van der Waals surface area contributed by atoms with E-state index < -0.39 is 0 Å². The van der Waals surface area contributed by atoms with Gasteiger partial charge in [-0.15, -0.1) is 0 Å². The van der Waals surface area contributed by atoms with Crippen molar-refractivity contribution in [3.63, 3.8) is 0 Å². The molecule has 0 spiro atoms. The van der Waals surface area contributed by atoms with Gasteiger partial charge in [0.05, 0.1) is 0 Å². The maximum Gasteiger partial charge on any atom is 0.174 e. The Hall–Kier alpha value is -1.99. The summed E-state index contributed by atoms with van der Waals surface area (Å²) in [6, 6.07) is 17.7. The zero-order valence-electron chi connectivity index (χ0n) is 10.3. The summed E-state index contributed by atoms with van der Waals surface area (Å²) < 4.78 is 6.27. The number of rotatable bonds is 5. The Labute approximate surface area is 121 Å². The molecule has 3 nitrogen and oxygen atoms in total. The summed E-state index contributed by atoms with van der Waals surface area (Å²) >= 11 is 3.45. The molecule has 0 aliphatic rings. The maximum atomic E-state index is 8.42. The van der Waals surface area contributed by atoms with Crippen LogP contribution in [0.3, 0.4) is 0 Å². The molecule has 0 heterocycles. The van der Waals surface area contributed by atoms with Crippen LogP contribution in [0.25, 0.3) is 0 Å². The average Bonchev–Trinajstić information content (AvgIpc) is 2.44. The van der Waals surface area contributed by atoms with Crippen LogP contribution in [0.4, 0.5) is 5.69 Å². The number of hydrogen-bond donors (Lipinski definition) is 1. The first-order valence-electron chi connectivity index (χ1n) is 5.86. The van der Waals surface area contributed by atoms with Gasteiger partial charge in [0.25, 0.3) is 0 Å². The Kier molecular flexibility index (Phi) is 4.82. The first kappa shape index (κ1) is 13.4. The minimum absolute atomic E-state index is 0.0742. The topological polar surface area (TPSA) is 45.0 Å². The Morgan fingerprint density at radius 2 is 1.95 bits per heavy atom. The molecular formula is C15H13BrN2O. The largest absolute Gasteiger partial charge is 0.479 e. The Balaban J connectivity index is 1.91. The van der Waals surface area contributed by atoms with Crippen molar-refractivity contribution in [3.05, 3.63) is 58.6 Å². The molecule has 0 unspecified atom stereocenters. The number of nitriles is 1. The highest BCUT2D eigenvalue weighted by molar-refractivity contribution is 9.10. The van der Waals surface area contributed by atoms with Gasteiger partial charge in [-0.25, -0.2) is 0 Å². The zero-order chi connectivity index (χ0) is 13.5. The van der Waals surface area contributed by atoms with E-state index >= 15 is 0 Å². The summed E-state index contributed by atoms with van der Waals surface area (Å²) in [6.07, 6.45) is 0. The predicted molar refractivity (Wildman–Crippen MR) is 79.0 cm³/mol. The van der Waals surface area contributed by atoms with Crippen molar-refractivity contribution in [3.8, 4) is 11.8 Å². The summed E-state index contributed by atoms with van der Waals surface area (Å²) in [7, 11) is 0. The highest BCUT2D eigenvalue weighted by atomic mass is 79.9. The number of nitrogens with one attached hydrogen (secondary N) is 1. The maximum absolute atomic E-state index is 8.42. The van der Waals surface area contributed by atoms with E-state index in [4.69, 9.17) is 10.00 Å². The lowest BCUT2D eigenvalue weighted by molar-refractivity contribution is 0.368. The van der Waals surface area contributed by atoms with Crippen molar-refractivity contribution in [2.45, 2.75) is 6.54 Å². The summed E-state index contributed by atoms with van der Waals surface area (Å²) in [4.78, 5) is 0. The third-order valence-corrected chi connectivity index (χ3v) is 3.04. The molecule has 0 bridgehead atoms. The molecule has 0 saturated heterocycles. The van der Waals surface area contributed by atoms with Crippen molar-refractivity contribution in [2.24, 2.45) is 0 Å².